The second-order valence-electron chi connectivity index (χ2n) is 5.57. The van der Waals surface area contributed by atoms with Crippen molar-refractivity contribution in [3.63, 3.8) is 0 Å². The maximum Gasteiger partial charge on any atom is 0.387 e. The number of anilines is 1. The molecule has 0 aliphatic heterocycles. The van der Waals surface area contributed by atoms with E-state index in [-0.39, 0.29) is 17.1 Å². The summed E-state index contributed by atoms with van der Waals surface area (Å²) in [5, 5.41) is 4.77. The number of thiazole rings is 1. The number of hydrogen-bond acceptors (Lipinski definition) is 5. The van der Waals surface area contributed by atoms with E-state index in [2.05, 4.69) is 15.0 Å². The van der Waals surface area contributed by atoms with Gasteiger partial charge >= 0.3 is 6.61 Å². The van der Waals surface area contributed by atoms with Crippen molar-refractivity contribution in [2.24, 2.45) is 0 Å². The minimum Gasteiger partial charge on any atom is -0.493 e. The molecule has 0 bridgehead atoms. The molecular formula is C19H16F2N2O3S. The van der Waals surface area contributed by atoms with Gasteiger partial charge < -0.3 is 9.47 Å². The number of alkyl halides is 2. The molecule has 0 saturated carbocycles. The van der Waals surface area contributed by atoms with E-state index in [9.17, 15) is 13.6 Å². The molecule has 8 heteroatoms. The molecule has 140 valence electrons. The lowest BCUT2D eigenvalue weighted by atomic mass is 10.1. The van der Waals surface area contributed by atoms with Gasteiger partial charge in [0.15, 0.2) is 16.6 Å². The third-order valence-corrected chi connectivity index (χ3v) is 4.48. The first kappa shape index (κ1) is 18.8. The Hall–Kier alpha value is -3.00. The third kappa shape index (κ3) is 4.40. The number of nitrogens with one attached hydrogen (secondary N) is 1. The summed E-state index contributed by atoms with van der Waals surface area (Å²) in [7, 11) is 1.31. The van der Waals surface area contributed by atoms with Crippen LogP contribution in [0.2, 0.25) is 0 Å². The molecule has 3 rings (SSSR count). The molecule has 27 heavy (non-hydrogen) atoms. The molecule has 1 N–H and O–H groups in total. The molecule has 0 saturated heterocycles. The van der Waals surface area contributed by atoms with E-state index in [4.69, 9.17) is 4.74 Å². The molecule has 0 spiro atoms. The Morgan fingerprint density at radius 3 is 2.59 bits per heavy atom. The largest absolute Gasteiger partial charge is 0.493 e. The molecule has 0 atom stereocenters. The number of nitrogens with zero attached hydrogens (tertiary/aromatic N) is 1. The van der Waals surface area contributed by atoms with Gasteiger partial charge in [0.25, 0.3) is 5.91 Å². The number of aromatic nitrogens is 1. The monoisotopic (exact) mass is 390 g/mol. The van der Waals surface area contributed by atoms with Crippen LogP contribution in [0.3, 0.4) is 0 Å². The Morgan fingerprint density at radius 2 is 1.93 bits per heavy atom. The number of rotatable bonds is 6. The first-order chi connectivity index (χ1) is 13.0. The van der Waals surface area contributed by atoms with E-state index < -0.39 is 12.5 Å². The Bertz CT molecular complexity index is 942. The van der Waals surface area contributed by atoms with Crippen LogP contribution in [0.15, 0.2) is 47.8 Å². The summed E-state index contributed by atoms with van der Waals surface area (Å²) in [6.45, 7) is -1.09. The molecule has 5 nitrogen and oxygen atoms in total. The zero-order valence-electron chi connectivity index (χ0n) is 14.5. The number of halogens is 2. The van der Waals surface area contributed by atoms with Crippen LogP contribution in [0.1, 0.15) is 15.9 Å². The van der Waals surface area contributed by atoms with Crippen LogP contribution in [0.5, 0.6) is 11.5 Å². The topological polar surface area (TPSA) is 60.5 Å². The van der Waals surface area contributed by atoms with E-state index >= 15 is 0 Å². The zero-order valence-corrected chi connectivity index (χ0v) is 15.3. The Kier molecular flexibility index (Phi) is 5.66. The van der Waals surface area contributed by atoms with Crippen molar-refractivity contribution < 1.29 is 23.0 Å². The lowest BCUT2D eigenvalue weighted by molar-refractivity contribution is -0.0515. The molecule has 0 aliphatic carbocycles. The van der Waals surface area contributed by atoms with Gasteiger partial charge in [-0.05, 0) is 19.1 Å². The van der Waals surface area contributed by atoms with Crippen LogP contribution in [0, 0.1) is 6.92 Å². The quantitative estimate of drug-likeness (QED) is 0.645. The highest BCUT2D eigenvalue weighted by Crippen LogP contribution is 2.33. The molecule has 0 radical (unpaired) electrons. The summed E-state index contributed by atoms with van der Waals surface area (Å²) >= 11 is 1.24. The molecule has 2 aromatic carbocycles. The molecule has 0 fully saturated rings. The number of benzene rings is 2. The molecule has 1 heterocycles. The van der Waals surface area contributed by atoms with Crippen LogP contribution in [-0.4, -0.2) is 24.6 Å². The fourth-order valence-corrected chi connectivity index (χ4v) is 3.13. The van der Waals surface area contributed by atoms with Gasteiger partial charge in [0.2, 0.25) is 0 Å². The molecule has 3 aromatic rings. The number of carbonyl (C=O) groups excluding carboxylic acids is 1. The summed E-state index contributed by atoms with van der Waals surface area (Å²) in [5.41, 5.74) is 2.69. The number of ether oxygens (including phenoxy) is 2. The van der Waals surface area contributed by atoms with Crippen molar-refractivity contribution in [2.75, 3.05) is 12.4 Å². The Balaban J connectivity index is 1.83. The average molecular weight is 390 g/mol. The predicted molar refractivity (Wildman–Crippen MR) is 99.9 cm³/mol. The van der Waals surface area contributed by atoms with Crippen molar-refractivity contribution in [2.45, 2.75) is 13.5 Å². The standard InChI is InChI=1S/C19H16F2N2O3S/c1-11-6-8-12(9-7-11)14-10-27-19(22-14)23-17(24)13-4-3-5-15(25-2)16(13)26-18(20)21/h3-10,18H,1-2H3,(H,22,23,24). The second-order valence-corrected chi connectivity index (χ2v) is 6.43. The van der Waals surface area contributed by atoms with Gasteiger partial charge in [0, 0.05) is 10.9 Å². The lowest BCUT2D eigenvalue weighted by Gasteiger charge is -2.13. The minimum absolute atomic E-state index is 0.0439. The van der Waals surface area contributed by atoms with Crippen molar-refractivity contribution in [3.8, 4) is 22.8 Å². The van der Waals surface area contributed by atoms with E-state index in [1.165, 1.54) is 36.6 Å². The number of para-hydroxylation sites is 1. The van der Waals surface area contributed by atoms with Gasteiger partial charge in [-0.1, -0.05) is 35.9 Å². The maximum atomic E-state index is 12.7. The van der Waals surface area contributed by atoms with Gasteiger partial charge in [-0.25, -0.2) is 4.98 Å². The van der Waals surface area contributed by atoms with Crippen molar-refractivity contribution in [1.29, 1.82) is 0 Å². The predicted octanol–water partition coefficient (Wildman–Crippen LogP) is 4.98. The molecule has 0 aliphatic rings. The molecule has 1 aromatic heterocycles. The fourth-order valence-electron chi connectivity index (χ4n) is 2.42. The number of amides is 1. The summed E-state index contributed by atoms with van der Waals surface area (Å²) in [4.78, 5) is 16.9. The highest BCUT2D eigenvalue weighted by atomic mass is 32.1. The minimum atomic E-state index is -3.08. The molecular weight excluding hydrogens is 374 g/mol. The summed E-state index contributed by atoms with van der Waals surface area (Å²) in [5.74, 6) is -0.889. The maximum absolute atomic E-state index is 12.7. The smallest absolute Gasteiger partial charge is 0.387 e. The second kappa shape index (κ2) is 8.13. The van der Waals surface area contributed by atoms with Crippen molar-refractivity contribution in [3.05, 3.63) is 59.0 Å². The number of aryl methyl sites for hydroxylation is 1. The van der Waals surface area contributed by atoms with Gasteiger partial charge in [-0.3, -0.25) is 10.1 Å². The van der Waals surface area contributed by atoms with Crippen LogP contribution in [0.4, 0.5) is 13.9 Å². The van der Waals surface area contributed by atoms with Gasteiger partial charge in [-0.2, -0.15) is 8.78 Å². The Morgan fingerprint density at radius 1 is 1.19 bits per heavy atom. The first-order valence-electron chi connectivity index (χ1n) is 7.93. The van der Waals surface area contributed by atoms with E-state index in [0.717, 1.165) is 11.1 Å². The van der Waals surface area contributed by atoms with Gasteiger partial charge in [0.1, 0.15) is 0 Å². The van der Waals surface area contributed by atoms with Gasteiger partial charge in [-0.15, -0.1) is 11.3 Å². The van der Waals surface area contributed by atoms with E-state index in [1.807, 2.05) is 36.6 Å². The summed E-state index contributed by atoms with van der Waals surface area (Å²) < 4.78 is 34.9. The van der Waals surface area contributed by atoms with Crippen LogP contribution < -0.4 is 14.8 Å². The first-order valence-corrected chi connectivity index (χ1v) is 8.81. The lowest BCUT2D eigenvalue weighted by Crippen LogP contribution is -2.15. The van der Waals surface area contributed by atoms with E-state index in [1.54, 1.807) is 0 Å². The number of carbonyl (C=O) groups is 1. The summed E-state index contributed by atoms with van der Waals surface area (Å²) in [6.07, 6.45) is 0. The average Bonchev–Trinajstić information content (AvgIpc) is 3.10. The van der Waals surface area contributed by atoms with Crippen molar-refractivity contribution >= 4 is 22.4 Å². The highest BCUT2D eigenvalue weighted by molar-refractivity contribution is 7.14. The fraction of sp³-hybridized carbons (Fsp3) is 0.158. The zero-order chi connectivity index (χ0) is 19.4. The molecule has 0 unspecified atom stereocenters. The van der Waals surface area contributed by atoms with Crippen LogP contribution >= 0.6 is 11.3 Å². The number of methoxy groups -OCH3 is 1. The Labute approximate surface area is 158 Å². The number of hydrogen-bond donors (Lipinski definition) is 1. The molecule has 1 amide bonds. The van der Waals surface area contributed by atoms with Crippen molar-refractivity contribution in [1.82, 2.24) is 4.98 Å². The van der Waals surface area contributed by atoms with E-state index in [0.29, 0.717) is 10.8 Å². The third-order valence-electron chi connectivity index (χ3n) is 3.72. The van der Waals surface area contributed by atoms with Crippen LogP contribution in [-0.2, 0) is 0 Å². The van der Waals surface area contributed by atoms with Gasteiger partial charge in [0.05, 0.1) is 18.4 Å². The SMILES string of the molecule is COc1cccc(C(=O)Nc2nc(-c3ccc(C)cc3)cs2)c1OC(F)F. The highest BCUT2D eigenvalue weighted by Gasteiger charge is 2.21. The van der Waals surface area contributed by atoms with Crippen LogP contribution in [0.25, 0.3) is 11.3 Å². The normalized spacial score (nSPS) is 10.7. The summed E-state index contributed by atoms with van der Waals surface area (Å²) in [6, 6.07) is 12.1.